The third kappa shape index (κ3) is 4.82. The summed E-state index contributed by atoms with van der Waals surface area (Å²) < 4.78 is 9.48. The molecule has 256 valence electrons. The second-order valence-corrected chi connectivity index (χ2v) is 14.2. The molecule has 0 saturated heterocycles. The summed E-state index contributed by atoms with van der Waals surface area (Å²) in [6.07, 6.45) is 17.7. The molecule has 2 aliphatic carbocycles. The van der Waals surface area contributed by atoms with E-state index in [9.17, 15) is 0 Å². The first-order chi connectivity index (χ1) is 26.8. The maximum Gasteiger partial charge on any atom is 0.167 e. The molecule has 2 aliphatic rings. The lowest BCUT2D eigenvalue weighted by atomic mass is 9.93. The van der Waals surface area contributed by atoms with Crippen LogP contribution in [-0.2, 0) is 0 Å². The molecule has 5 nitrogen and oxygen atoms in total. The minimum absolute atomic E-state index is 0.0869. The number of fused-ring (bicyclic) bond motifs is 7. The van der Waals surface area contributed by atoms with Crippen LogP contribution in [0.25, 0.3) is 88.3 Å². The first-order valence-corrected chi connectivity index (χ1v) is 18.7. The molecule has 0 radical (unpaired) electrons. The molecule has 0 bridgehead atoms. The van der Waals surface area contributed by atoms with Crippen molar-refractivity contribution in [1.82, 2.24) is 19.5 Å². The fraction of sp³-hybridized carbons (Fsp3) is 0.0816. The number of benzene rings is 6. The number of hydrogen-bond acceptors (Lipinski definition) is 4. The van der Waals surface area contributed by atoms with E-state index in [1.807, 2.05) is 0 Å². The van der Waals surface area contributed by atoms with Crippen molar-refractivity contribution in [2.24, 2.45) is 0 Å². The highest BCUT2D eigenvalue weighted by Gasteiger charge is 2.24. The van der Waals surface area contributed by atoms with Crippen LogP contribution < -0.4 is 0 Å². The summed E-state index contributed by atoms with van der Waals surface area (Å²) in [7, 11) is 0. The smallest absolute Gasteiger partial charge is 0.167 e. The Morgan fingerprint density at radius 3 is 2.24 bits per heavy atom. The first-order valence-electron chi connectivity index (χ1n) is 18.7. The molecule has 0 fully saturated rings. The minimum atomic E-state index is 0.0869. The van der Waals surface area contributed by atoms with Crippen LogP contribution in [0.4, 0.5) is 0 Å². The Kier molecular flexibility index (Phi) is 7.05. The zero-order valence-electron chi connectivity index (χ0n) is 29.5. The summed E-state index contributed by atoms with van der Waals surface area (Å²) >= 11 is 0. The van der Waals surface area contributed by atoms with Crippen LogP contribution in [0.3, 0.4) is 0 Å². The Hall–Kier alpha value is -6.85. The van der Waals surface area contributed by atoms with E-state index in [1.165, 1.54) is 32.7 Å². The number of rotatable bonds is 5. The zero-order valence-corrected chi connectivity index (χ0v) is 29.5. The number of aromatic nitrogens is 4. The highest BCUT2D eigenvalue weighted by atomic mass is 16.3. The van der Waals surface area contributed by atoms with Gasteiger partial charge in [0.15, 0.2) is 17.2 Å². The Labute approximate surface area is 311 Å². The van der Waals surface area contributed by atoms with Crippen LogP contribution in [0.15, 0.2) is 168 Å². The quantitative estimate of drug-likeness (QED) is 0.180. The van der Waals surface area contributed by atoms with Crippen molar-refractivity contribution in [3.63, 3.8) is 0 Å². The number of hydrogen-bond donors (Lipinski definition) is 0. The van der Waals surface area contributed by atoms with Crippen molar-refractivity contribution >= 4 is 60.1 Å². The number of nitrogens with zero attached hydrogens (tertiary/aromatic N) is 4. The van der Waals surface area contributed by atoms with Gasteiger partial charge in [0.05, 0.1) is 22.3 Å². The van der Waals surface area contributed by atoms with E-state index in [0.717, 1.165) is 80.7 Å². The molecule has 3 heterocycles. The standard InChI is InChI=1S/C49H34N4O/c1-4-16-31(17-5-1)43-35-23-11-10-22-34(35)30-42-44(43)38-24-12-13-28-40(38)53(42)41-29-15-26-37-36-25-14-27-39(45(36)54-46(37)41)49-51-47(32-18-6-2-7-19-32)50-48(52-49)33-20-8-3-9-21-33/h1-8,10-18,20,22-30,32H,9,19,21H2. The second-order valence-electron chi connectivity index (χ2n) is 14.2. The second kappa shape index (κ2) is 12.4. The van der Waals surface area contributed by atoms with E-state index < -0.39 is 0 Å². The fourth-order valence-electron chi connectivity index (χ4n) is 8.50. The molecule has 0 N–H and O–H groups in total. The summed E-state index contributed by atoms with van der Waals surface area (Å²) in [5.74, 6) is 2.24. The number of allylic oxidation sites excluding steroid dienone is 8. The van der Waals surface area contributed by atoms with E-state index in [4.69, 9.17) is 19.4 Å². The van der Waals surface area contributed by atoms with E-state index in [-0.39, 0.29) is 5.92 Å². The number of furan rings is 1. The molecular weight excluding hydrogens is 661 g/mol. The molecule has 11 rings (SSSR count). The fourth-order valence-corrected chi connectivity index (χ4v) is 8.50. The lowest BCUT2D eigenvalue weighted by Gasteiger charge is -2.15. The van der Waals surface area contributed by atoms with Crippen LogP contribution in [0.1, 0.15) is 36.8 Å². The molecule has 0 aliphatic heterocycles. The predicted octanol–water partition coefficient (Wildman–Crippen LogP) is 12.7. The van der Waals surface area contributed by atoms with Crippen LogP contribution in [0.2, 0.25) is 0 Å². The van der Waals surface area contributed by atoms with Crippen LogP contribution in [-0.4, -0.2) is 19.5 Å². The minimum Gasteiger partial charge on any atom is -0.453 e. The van der Waals surface area contributed by atoms with Gasteiger partial charge in [-0.25, -0.2) is 15.0 Å². The normalized spacial score (nSPS) is 15.6. The Bertz CT molecular complexity index is 3090. The predicted molar refractivity (Wildman–Crippen MR) is 222 cm³/mol. The van der Waals surface area contributed by atoms with Crippen molar-refractivity contribution in [1.29, 1.82) is 0 Å². The summed E-state index contributed by atoms with van der Waals surface area (Å²) in [5, 5.41) is 6.95. The van der Waals surface area contributed by atoms with Crippen LogP contribution in [0.5, 0.6) is 0 Å². The molecular formula is C49H34N4O. The van der Waals surface area contributed by atoms with Gasteiger partial charge < -0.3 is 8.98 Å². The van der Waals surface area contributed by atoms with Gasteiger partial charge in [0.1, 0.15) is 11.4 Å². The third-order valence-corrected chi connectivity index (χ3v) is 11.0. The Morgan fingerprint density at radius 2 is 1.39 bits per heavy atom. The van der Waals surface area contributed by atoms with Crippen molar-refractivity contribution in [3.8, 4) is 28.2 Å². The monoisotopic (exact) mass is 694 g/mol. The zero-order chi connectivity index (χ0) is 35.6. The van der Waals surface area contributed by atoms with Gasteiger partial charge in [0.25, 0.3) is 0 Å². The largest absolute Gasteiger partial charge is 0.453 e. The maximum atomic E-state index is 7.09. The van der Waals surface area contributed by atoms with Crippen molar-refractivity contribution in [3.05, 3.63) is 176 Å². The topological polar surface area (TPSA) is 56.7 Å². The lowest BCUT2D eigenvalue weighted by molar-refractivity contribution is 0.666. The van der Waals surface area contributed by atoms with Gasteiger partial charge in [0, 0.05) is 27.5 Å². The van der Waals surface area contributed by atoms with Gasteiger partial charge in [-0.2, -0.15) is 0 Å². The van der Waals surface area contributed by atoms with Crippen molar-refractivity contribution < 1.29 is 4.42 Å². The highest BCUT2D eigenvalue weighted by molar-refractivity contribution is 6.23. The molecule has 1 unspecified atom stereocenters. The summed E-state index contributed by atoms with van der Waals surface area (Å²) in [6, 6.07) is 43.4. The molecule has 3 aromatic heterocycles. The van der Waals surface area contributed by atoms with Crippen molar-refractivity contribution in [2.75, 3.05) is 0 Å². The molecule has 9 aromatic rings. The van der Waals surface area contributed by atoms with Crippen molar-refractivity contribution in [2.45, 2.75) is 25.2 Å². The van der Waals surface area contributed by atoms with E-state index in [2.05, 4.69) is 168 Å². The molecule has 0 saturated carbocycles. The maximum absolute atomic E-state index is 7.09. The van der Waals surface area contributed by atoms with E-state index >= 15 is 0 Å². The average Bonchev–Trinajstić information content (AvgIpc) is 3.79. The molecule has 5 heteroatoms. The van der Waals surface area contributed by atoms with Crippen LogP contribution >= 0.6 is 0 Å². The SMILES string of the molecule is C1=CCCC(c2nc(-c3cccc4c3oc3c(-n5c6ccccc6c6c(-c7ccccc7)c7ccccc7cc65)cccc34)nc(C3C=CC=CC3)n2)=C1. The molecule has 0 amide bonds. The Morgan fingerprint density at radius 1 is 0.611 bits per heavy atom. The third-order valence-electron chi connectivity index (χ3n) is 11.0. The van der Waals surface area contributed by atoms with Crippen LogP contribution in [0, 0.1) is 0 Å². The molecule has 0 spiro atoms. The van der Waals surface area contributed by atoms with E-state index in [1.54, 1.807) is 0 Å². The first kappa shape index (κ1) is 30.7. The van der Waals surface area contributed by atoms with Gasteiger partial charge >= 0.3 is 0 Å². The molecule has 54 heavy (non-hydrogen) atoms. The highest BCUT2D eigenvalue weighted by Crippen LogP contribution is 2.45. The molecule has 1 atom stereocenters. The van der Waals surface area contributed by atoms with Gasteiger partial charge in [-0.15, -0.1) is 0 Å². The van der Waals surface area contributed by atoms with E-state index in [0.29, 0.717) is 5.82 Å². The Balaban J connectivity index is 1.18. The lowest BCUT2D eigenvalue weighted by Crippen LogP contribution is -2.09. The summed E-state index contributed by atoms with van der Waals surface area (Å²) in [5.41, 5.74) is 9.29. The van der Waals surface area contributed by atoms with Gasteiger partial charge in [-0.1, -0.05) is 140 Å². The number of para-hydroxylation sites is 3. The molecule has 6 aromatic carbocycles. The summed E-state index contributed by atoms with van der Waals surface area (Å²) in [6.45, 7) is 0. The summed E-state index contributed by atoms with van der Waals surface area (Å²) in [4.78, 5) is 15.3. The van der Waals surface area contributed by atoms with Gasteiger partial charge in [-0.05, 0) is 71.0 Å². The average molecular weight is 695 g/mol. The van der Waals surface area contributed by atoms with Gasteiger partial charge in [-0.3, -0.25) is 0 Å². The van der Waals surface area contributed by atoms with Gasteiger partial charge in [0.2, 0.25) is 0 Å².